The van der Waals surface area contributed by atoms with E-state index in [1.54, 1.807) is 0 Å². The Morgan fingerprint density at radius 3 is 2.29 bits per heavy atom. The number of nitrogens with two attached hydrogens (primary N) is 1. The van der Waals surface area contributed by atoms with Crippen molar-refractivity contribution in [2.45, 2.75) is 32.1 Å². The molecule has 76 valence electrons. The van der Waals surface area contributed by atoms with Crippen molar-refractivity contribution in [3.63, 3.8) is 0 Å². The maximum absolute atomic E-state index is 11.8. The van der Waals surface area contributed by atoms with E-state index in [1.807, 2.05) is 0 Å². The van der Waals surface area contributed by atoms with Crippen molar-refractivity contribution in [2.75, 3.05) is 0 Å². The summed E-state index contributed by atoms with van der Waals surface area (Å²) < 4.78 is 0. The van der Waals surface area contributed by atoms with Gasteiger partial charge in [0.15, 0.2) is 0 Å². The first kappa shape index (κ1) is 8.45. The highest BCUT2D eigenvalue weighted by Gasteiger charge is 2.57. The third kappa shape index (κ3) is 0.877. The highest BCUT2D eigenvalue weighted by molar-refractivity contribution is 5.90. The molecule has 14 heavy (non-hydrogen) atoms. The molecule has 0 saturated heterocycles. The smallest absolute Gasteiger partial charge is 0.223 e. The molecule has 0 spiro atoms. The van der Waals surface area contributed by atoms with Crippen LogP contribution in [0.25, 0.3) is 0 Å². The van der Waals surface area contributed by atoms with Crippen LogP contribution in [0.5, 0.6) is 0 Å². The number of amides is 1. The third-order valence-corrected chi connectivity index (χ3v) is 4.52. The fraction of sp³-hybridized carbons (Fsp3) is 0.818. The van der Waals surface area contributed by atoms with Crippen LogP contribution in [0.2, 0.25) is 0 Å². The van der Waals surface area contributed by atoms with E-state index in [1.165, 1.54) is 0 Å². The second-order valence-corrected chi connectivity index (χ2v) is 5.39. The van der Waals surface area contributed by atoms with Crippen LogP contribution in [0.1, 0.15) is 32.1 Å². The van der Waals surface area contributed by atoms with Gasteiger partial charge in [0.1, 0.15) is 5.78 Å². The first-order chi connectivity index (χ1) is 6.61. The Morgan fingerprint density at radius 1 is 1.21 bits per heavy atom. The number of ketones is 1. The lowest BCUT2D eigenvalue weighted by molar-refractivity contribution is -0.155. The molecule has 0 aliphatic heterocycles. The predicted molar refractivity (Wildman–Crippen MR) is 50.2 cm³/mol. The molecule has 0 heterocycles. The summed E-state index contributed by atoms with van der Waals surface area (Å²) in [4.78, 5) is 23.3. The van der Waals surface area contributed by atoms with Gasteiger partial charge in [-0.25, -0.2) is 0 Å². The average Bonchev–Trinajstić information content (AvgIpc) is 2.12. The Hall–Kier alpha value is -0.860. The van der Waals surface area contributed by atoms with E-state index in [2.05, 4.69) is 0 Å². The molecule has 1 amide bonds. The Bertz CT molecular complexity index is 305. The van der Waals surface area contributed by atoms with Gasteiger partial charge < -0.3 is 5.73 Å². The van der Waals surface area contributed by atoms with Crippen LogP contribution in [-0.2, 0) is 9.59 Å². The van der Waals surface area contributed by atoms with Crippen molar-refractivity contribution in [1.82, 2.24) is 0 Å². The van der Waals surface area contributed by atoms with Crippen LogP contribution in [-0.4, -0.2) is 11.7 Å². The van der Waals surface area contributed by atoms with Crippen molar-refractivity contribution in [3.8, 4) is 0 Å². The molecule has 3 nitrogen and oxygen atoms in total. The van der Waals surface area contributed by atoms with Crippen LogP contribution < -0.4 is 5.73 Å². The van der Waals surface area contributed by atoms with Crippen LogP contribution in [0.3, 0.4) is 0 Å². The van der Waals surface area contributed by atoms with E-state index in [0.717, 1.165) is 32.1 Å². The molecule has 4 fully saturated rings. The van der Waals surface area contributed by atoms with E-state index in [0.29, 0.717) is 11.7 Å². The SMILES string of the molecule is NC(=O)C12CC3CC(C1)C(=O)[C@H](C3)C2. The van der Waals surface area contributed by atoms with E-state index in [9.17, 15) is 9.59 Å². The number of carbonyl (C=O) groups excluding carboxylic acids is 2. The van der Waals surface area contributed by atoms with Gasteiger partial charge in [0, 0.05) is 11.8 Å². The Morgan fingerprint density at radius 2 is 1.79 bits per heavy atom. The first-order valence-electron chi connectivity index (χ1n) is 5.44. The second-order valence-electron chi connectivity index (χ2n) is 5.39. The largest absolute Gasteiger partial charge is 0.369 e. The van der Waals surface area contributed by atoms with Gasteiger partial charge in [0.05, 0.1) is 5.41 Å². The zero-order valence-corrected chi connectivity index (χ0v) is 8.16. The molecule has 4 rings (SSSR count). The summed E-state index contributed by atoms with van der Waals surface area (Å²) in [7, 11) is 0. The topological polar surface area (TPSA) is 60.2 Å². The van der Waals surface area contributed by atoms with Gasteiger partial charge in [0.2, 0.25) is 5.91 Å². The lowest BCUT2D eigenvalue weighted by Crippen LogP contribution is -2.56. The normalized spacial score (nSPS) is 49.7. The molecule has 4 saturated carbocycles. The van der Waals surface area contributed by atoms with Crippen LogP contribution >= 0.6 is 0 Å². The number of rotatable bonds is 1. The van der Waals surface area contributed by atoms with Gasteiger partial charge in [0.25, 0.3) is 0 Å². The molecular weight excluding hydrogens is 178 g/mol. The summed E-state index contributed by atoms with van der Waals surface area (Å²) >= 11 is 0. The Labute approximate surface area is 83.0 Å². The fourth-order valence-electron chi connectivity index (χ4n) is 4.05. The van der Waals surface area contributed by atoms with Gasteiger partial charge in [-0.15, -0.1) is 0 Å². The van der Waals surface area contributed by atoms with Crippen LogP contribution in [0.15, 0.2) is 0 Å². The quantitative estimate of drug-likeness (QED) is 0.671. The first-order valence-corrected chi connectivity index (χ1v) is 5.44. The molecule has 3 unspecified atom stereocenters. The molecule has 0 aromatic heterocycles. The van der Waals surface area contributed by atoms with Crippen molar-refractivity contribution in [1.29, 1.82) is 0 Å². The van der Waals surface area contributed by atoms with Gasteiger partial charge in [-0.3, -0.25) is 9.59 Å². The summed E-state index contributed by atoms with van der Waals surface area (Å²) in [6.07, 6.45) is 4.47. The van der Waals surface area contributed by atoms with E-state index in [-0.39, 0.29) is 23.2 Å². The Kier molecular flexibility index (Phi) is 1.44. The van der Waals surface area contributed by atoms with Crippen LogP contribution in [0.4, 0.5) is 0 Å². The maximum Gasteiger partial charge on any atom is 0.223 e. The molecule has 4 atom stereocenters. The zero-order valence-electron chi connectivity index (χ0n) is 8.16. The summed E-state index contributed by atoms with van der Waals surface area (Å²) in [6.45, 7) is 0. The number of hydrogen-bond donors (Lipinski definition) is 1. The molecule has 4 aliphatic rings. The Balaban J connectivity index is 2.00. The summed E-state index contributed by atoms with van der Waals surface area (Å²) in [6, 6.07) is 0. The summed E-state index contributed by atoms with van der Waals surface area (Å²) in [5.74, 6) is 1.17. The lowest BCUT2D eigenvalue weighted by Gasteiger charge is -2.54. The van der Waals surface area contributed by atoms with E-state index in [4.69, 9.17) is 5.73 Å². The summed E-state index contributed by atoms with van der Waals surface area (Å²) in [5, 5.41) is 0. The zero-order chi connectivity index (χ0) is 9.92. The van der Waals surface area contributed by atoms with Crippen molar-refractivity contribution in [2.24, 2.45) is 28.9 Å². The van der Waals surface area contributed by atoms with Crippen LogP contribution in [0, 0.1) is 23.2 Å². The minimum absolute atomic E-state index is 0.161. The van der Waals surface area contributed by atoms with Gasteiger partial charge >= 0.3 is 0 Å². The van der Waals surface area contributed by atoms with Gasteiger partial charge in [-0.1, -0.05) is 0 Å². The molecule has 0 radical (unpaired) electrons. The standard InChI is InChI=1S/C11H15NO2/c12-10(14)11-3-6-1-7(4-11)9(13)8(2-6)5-11/h6-8H,1-5H2,(H2,12,14)/t6?,7-,8?,11?/m1/s1. The molecule has 2 N–H and O–H groups in total. The number of Topliss-reactive ketones (excluding diaryl/α,β-unsaturated/α-hetero) is 1. The number of hydrogen-bond acceptors (Lipinski definition) is 2. The maximum atomic E-state index is 11.8. The monoisotopic (exact) mass is 193 g/mol. The molecule has 0 aromatic carbocycles. The van der Waals surface area contributed by atoms with Crippen molar-refractivity contribution in [3.05, 3.63) is 0 Å². The molecule has 4 bridgehead atoms. The van der Waals surface area contributed by atoms with E-state index < -0.39 is 0 Å². The third-order valence-electron chi connectivity index (χ3n) is 4.52. The van der Waals surface area contributed by atoms with Crippen molar-refractivity contribution < 1.29 is 9.59 Å². The minimum atomic E-state index is -0.301. The highest BCUT2D eigenvalue weighted by atomic mass is 16.1. The minimum Gasteiger partial charge on any atom is -0.369 e. The molecule has 4 aliphatic carbocycles. The number of primary amides is 1. The molecule has 3 heteroatoms. The predicted octanol–water partition coefficient (Wildman–Crippen LogP) is 0.867. The number of carbonyl (C=O) groups is 2. The van der Waals surface area contributed by atoms with Gasteiger partial charge in [-0.05, 0) is 38.0 Å². The average molecular weight is 193 g/mol. The second kappa shape index (κ2) is 2.38. The van der Waals surface area contributed by atoms with E-state index >= 15 is 0 Å². The lowest BCUT2D eigenvalue weighted by atomic mass is 9.49. The highest BCUT2D eigenvalue weighted by Crippen LogP contribution is 2.58. The fourth-order valence-corrected chi connectivity index (χ4v) is 4.05. The van der Waals surface area contributed by atoms with Gasteiger partial charge in [-0.2, -0.15) is 0 Å². The summed E-state index contributed by atoms with van der Waals surface area (Å²) in [5.41, 5.74) is 5.19. The van der Waals surface area contributed by atoms with Crippen molar-refractivity contribution >= 4 is 11.7 Å². The molecular formula is C11H15NO2. The molecule has 0 aromatic rings.